The number of pyridine rings is 1. The van der Waals surface area contributed by atoms with Gasteiger partial charge in [0.2, 0.25) is 0 Å². The second-order valence-electron chi connectivity index (χ2n) is 5.34. The fourth-order valence-electron chi connectivity index (χ4n) is 2.52. The minimum atomic E-state index is -0.141. The van der Waals surface area contributed by atoms with Gasteiger partial charge < -0.3 is 9.14 Å². The number of ether oxygens (including phenoxy) is 1. The van der Waals surface area contributed by atoms with Gasteiger partial charge >= 0.3 is 0 Å². The number of imidazole rings is 1. The van der Waals surface area contributed by atoms with Gasteiger partial charge in [0.05, 0.1) is 23.6 Å². The van der Waals surface area contributed by atoms with Gasteiger partial charge in [-0.05, 0) is 24.6 Å². The first-order valence-electron chi connectivity index (χ1n) is 7.49. The van der Waals surface area contributed by atoms with E-state index in [1.807, 2.05) is 28.9 Å². The average Bonchev–Trinajstić information content (AvgIpc) is 3.02. The largest absolute Gasteiger partial charge is 0.484 e. The summed E-state index contributed by atoms with van der Waals surface area (Å²) in [6.07, 6.45) is 7.26. The van der Waals surface area contributed by atoms with E-state index in [1.165, 1.54) is 0 Å². The Morgan fingerprint density at radius 1 is 1.35 bits per heavy atom. The summed E-state index contributed by atoms with van der Waals surface area (Å²) in [4.78, 5) is 4.13. The topological polar surface area (TPSA) is 50.3 Å². The van der Waals surface area contributed by atoms with E-state index in [-0.39, 0.29) is 6.10 Å². The molecular formula is C18H16ClN3O. The van der Waals surface area contributed by atoms with Crippen LogP contribution in [-0.2, 0) is 0 Å². The molecule has 5 heteroatoms. The lowest BCUT2D eigenvalue weighted by Crippen LogP contribution is -2.09. The summed E-state index contributed by atoms with van der Waals surface area (Å²) in [5.74, 6) is 0.518. The highest BCUT2D eigenvalue weighted by Crippen LogP contribution is 2.30. The molecule has 2 heterocycles. The highest BCUT2D eigenvalue weighted by atomic mass is 35.5. The van der Waals surface area contributed by atoms with Crippen LogP contribution < -0.4 is 4.74 Å². The molecule has 0 spiro atoms. The zero-order valence-corrected chi connectivity index (χ0v) is 13.5. The monoisotopic (exact) mass is 325 g/mol. The van der Waals surface area contributed by atoms with Gasteiger partial charge in [0.25, 0.3) is 0 Å². The molecule has 0 saturated carbocycles. The van der Waals surface area contributed by atoms with Crippen molar-refractivity contribution in [3.63, 3.8) is 0 Å². The minimum absolute atomic E-state index is 0.141. The van der Waals surface area contributed by atoms with E-state index in [0.29, 0.717) is 16.3 Å². The summed E-state index contributed by atoms with van der Waals surface area (Å²) in [6, 6.07) is 11.3. The van der Waals surface area contributed by atoms with Gasteiger partial charge in [0, 0.05) is 22.8 Å². The van der Waals surface area contributed by atoms with Crippen LogP contribution in [0.3, 0.4) is 0 Å². The maximum absolute atomic E-state index is 9.25. The Kier molecular flexibility index (Phi) is 4.50. The molecule has 0 saturated heterocycles. The van der Waals surface area contributed by atoms with Crippen LogP contribution >= 0.6 is 11.6 Å². The first kappa shape index (κ1) is 15.4. The van der Waals surface area contributed by atoms with Crippen molar-refractivity contribution in [1.82, 2.24) is 9.38 Å². The normalized spacial score (nSPS) is 12.0. The molecule has 1 atom stereocenters. The van der Waals surface area contributed by atoms with Crippen molar-refractivity contribution in [3.05, 3.63) is 65.2 Å². The number of rotatable bonds is 5. The number of aromatic nitrogens is 2. The van der Waals surface area contributed by atoms with Crippen molar-refractivity contribution in [2.75, 3.05) is 0 Å². The zero-order valence-electron chi connectivity index (χ0n) is 12.7. The Balaban J connectivity index is 1.95. The number of nitriles is 1. The number of halogens is 1. The van der Waals surface area contributed by atoms with E-state index in [0.717, 1.165) is 23.9 Å². The Bertz CT molecular complexity index is 866. The van der Waals surface area contributed by atoms with Crippen molar-refractivity contribution in [1.29, 1.82) is 5.26 Å². The van der Waals surface area contributed by atoms with Crippen molar-refractivity contribution < 1.29 is 4.74 Å². The lowest BCUT2D eigenvalue weighted by atomic mass is 10.1. The molecule has 0 bridgehead atoms. The van der Waals surface area contributed by atoms with Gasteiger partial charge in [-0.25, -0.2) is 4.98 Å². The molecule has 3 rings (SSSR count). The zero-order chi connectivity index (χ0) is 16.2. The second-order valence-corrected chi connectivity index (χ2v) is 5.77. The molecule has 0 amide bonds. The van der Waals surface area contributed by atoms with Crippen molar-refractivity contribution in [2.24, 2.45) is 0 Å². The lowest BCUT2D eigenvalue weighted by Gasteiger charge is -2.20. The summed E-state index contributed by atoms with van der Waals surface area (Å²) in [6.45, 7) is 2.11. The molecule has 0 N–H and O–H groups in total. The number of nitrogens with zero attached hydrogens (tertiary/aromatic N) is 3. The molecule has 4 nitrogen and oxygen atoms in total. The lowest BCUT2D eigenvalue weighted by molar-refractivity contribution is 0.193. The summed E-state index contributed by atoms with van der Waals surface area (Å²) in [5.41, 5.74) is 2.56. The smallest absolute Gasteiger partial charge is 0.139 e. The second kappa shape index (κ2) is 6.72. The van der Waals surface area contributed by atoms with E-state index in [9.17, 15) is 5.26 Å². The van der Waals surface area contributed by atoms with Gasteiger partial charge in [-0.15, -0.1) is 0 Å². The number of fused-ring (bicyclic) bond motifs is 1. The Hall–Kier alpha value is -2.51. The molecule has 23 heavy (non-hydrogen) atoms. The number of hydrogen-bond acceptors (Lipinski definition) is 3. The standard InChI is InChI=1S/C18H16ClN3O/c1-2-3-17(14-5-7-16-10-21-12-22(16)11-14)23-18-8-15(19)6-4-13(18)9-20/h4-8,10-12,17H,2-3H2,1H3. The van der Waals surface area contributed by atoms with Crippen molar-refractivity contribution >= 4 is 17.1 Å². The minimum Gasteiger partial charge on any atom is -0.484 e. The quantitative estimate of drug-likeness (QED) is 0.678. The Labute approximate surface area is 139 Å². The predicted octanol–water partition coefficient (Wildman–Crippen LogP) is 4.78. The summed E-state index contributed by atoms with van der Waals surface area (Å²) in [5, 5.41) is 9.81. The van der Waals surface area contributed by atoms with Crippen LogP contribution in [0.25, 0.3) is 5.52 Å². The van der Waals surface area contributed by atoms with E-state index >= 15 is 0 Å². The maximum Gasteiger partial charge on any atom is 0.139 e. The van der Waals surface area contributed by atoms with Crippen molar-refractivity contribution in [3.8, 4) is 11.8 Å². The van der Waals surface area contributed by atoms with Crippen molar-refractivity contribution in [2.45, 2.75) is 25.9 Å². The average molecular weight is 326 g/mol. The van der Waals surface area contributed by atoms with Gasteiger partial charge in [-0.3, -0.25) is 0 Å². The van der Waals surface area contributed by atoms with Crippen LogP contribution in [0, 0.1) is 11.3 Å². The third kappa shape index (κ3) is 3.30. The number of hydrogen-bond donors (Lipinski definition) is 0. The van der Waals surface area contributed by atoms with E-state index in [2.05, 4.69) is 18.0 Å². The van der Waals surface area contributed by atoms with Gasteiger partial charge in [0.1, 0.15) is 17.9 Å². The maximum atomic E-state index is 9.25. The molecule has 1 aromatic carbocycles. The first-order chi connectivity index (χ1) is 11.2. The Morgan fingerprint density at radius 2 is 2.22 bits per heavy atom. The van der Waals surface area contributed by atoms with Crippen LogP contribution in [0.2, 0.25) is 5.02 Å². The Morgan fingerprint density at radius 3 is 3.00 bits per heavy atom. The predicted molar refractivity (Wildman–Crippen MR) is 89.6 cm³/mol. The van der Waals surface area contributed by atoms with E-state index in [4.69, 9.17) is 16.3 Å². The molecule has 0 aliphatic rings. The van der Waals surface area contributed by atoms with E-state index in [1.54, 1.807) is 24.5 Å². The SMILES string of the molecule is CCCC(Oc1cc(Cl)ccc1C#N)c1ccc2cncn2c1. The molecule has 116 valence electrons. The molecule has 1 unspecified atom stereocenters. The van der Waals surface area contributed by atoms with Crippen LogP contribution in [0.1, 0.15) is 37.0 Å². The van der Waals surface area contributed by atoms with Crippen LogP contribution in [0.15, 0.2) is 49.1 Å². The molecule has 0 fully saturated rings. The summed E-state index contributed by atoms with van der Waals surface area (Å²) >= 11 is 6.04. The summed E-state index contributed by atoms with van der Waals surface area (Å²) in [7, 11) is 0. The molecule has 0 radical (unpaired) electrons. The van der Waals surface area contributed by atoms with Crippen LogP contribution in [-0.4, -0.2) is 9.38 Å². The van der Waals surface area contributed by atoms with E-state index < -0.39 is 0 Å². The first-order valence-corrected chi connectivity index (χ1v) is 7.87. The van der Waals surface area contributed by atoms with Crippen LogP contribution in [0.4, 0.5) is 0 Å². The molecule has 3 aromatic rings. The van der Waals surface area contributed by atoms with Crippen LogP contribution in [0.5, 0.6) is 5.75 Å². The number of benzene rings is 1. The van der Waals surface area contributed by atoms with Gasteiger partial charge in [-0.1, -0.05) is 31.0 Å². The summed E-state index contributed by atoms with van der Waals surface area (Å²) < 4.78 is 8.09. The van der Waals surface area contributed by atoms with Gasteiger partial charge in [0.15, 0.2) is 0 Å². The highest BCUT2D eigenvalue weighted by molar-refractivity contribution is 6.30. The third-order valence-corrected chi connectivity index (χ3v) is 3.92. The van der Waals surface area contributed by atoms with Gasteiger partial charge in [-0.2, -0.15) is 5.26 Å². The fraction of sp³-hybridized carbons (Fsp3) is 0.222. The molecule has 2 aromatic heterocycles. The fourth-order valence-corrected chi connectivity index (χ4v) is 2.68. The third-order valence-electron chi connectivity index (χ3n) is 3.69. The molecule has 0 aliphatic carbocycles. The molecular weight excluding hydrogens is 310 g/mol. The molecule has 0 aliphatic heterocycles. The highest BCUT2D eigenvalue weighted by Gasteiger charge is 2.16.